The van der Waals surface area contributed by atoms with E-state index in [-0.39, 0.29) is 0 Å². The van der Waals surface area contributed by atoms with Gasteiger partial charge in [0, 0.05) is 24.6 Å². The maximum absolute atomic E-state index is 4.33. The van der Waals surface area contributed by atoms with Crippen LogP contribution in [0.5, 0.6) is 0 Å². The van der Waals surface area contributed by atoms with E-state index in [1.807, 2.05) is 36.3 Å². The zero-order valence-corrected chi connectivity index (χ0v) is 9.64. The molecule has 0 spiro atoms. The highest BCUT2D eigenvalue weighted by Crippen LogP contribution is 2.08. The maximum atomic E-state index is 4.33. The first-order chi connectivity index (χ1) is 7.78. The first-order valence-corrected chi connectivity index (χ1v) is 5.46. The number of nitrogens with zero attached hydrogens (tertiary/aromatic N) is 3. The van der Waals surface area contributed by atoms with Crippen LogP contribution in [0.3, 0.4) is 0 Å². The molecule has 16 heavy (non-hydrogen) atoms. The summed E-state index contributed by atoms with van der Waals surface area (Å²) in [5, 5.41) is 7.51. The lowest BCUT2D eigenvalue weighted by molar-refractivity contribution is 0.672. The molecule has 84 valence electrons. The van der Waals surface area contributed by atoms with Gasteiger partial charge < -0.3 is 5.32 Å². The van der Waals surface area contributed by atoms with Crippen LogP contribution < -0.4 is 5.32 Å². The van der Waals surface area contributed by atoms with E-state index in [0.29, 0.717) is 6.54 Å². The Bertz CT molecular complexity index is 462. The number of aromatic nitrogens is 3. The molecule has 0 radical (unpaired) electrons. The molecule has 2 aromatic rings. The van der Waals surface area contributed by atoms with Crippen molar-refractivity contribution in [3.05, 3.63) is 42.0 Å². The minimum atomic E-state index is 0.715. The predicted molar refractivity (Wildman–Crippen MR) is 64.5 cm³/mol. The van der Waals surface area contributed by atoms with Crippen molar-refractivity contribution in [1.82, 2.24) is 14.8 Å². The third kappa shape index (κ3) is 2.59. The van der Waals surface area contributed by atoms with E-state index in [4.69, 9.17) is 0 Å². The average Bonchev–Trinajstić information content (AvgIpc) is 2.65. The van der Waals surface area contributed by atoms with E-state index in [1.54, 1.807) is 0 Å². The summed E-state index contributed by atoms with van der Waals surface area (Å²) in [4.78, 5) is 4.33. The fourth-order valence-electron chi connectivity index (χ4n) is 1.60. The summed E-state index contributed by atoms with van der Waals surface area (Å²) in [6.45, 7) is 5.75. The van der Waals surface area contributed by atoms with Gasteiger partial charge in [0.2, 0.25) is 0 Å². The van der Waals surface area contributed by atoms with Crippen LogP contribution in [0.1, 0.15) is 18.2 Å². The topological polar surface area (TPSA) is 42.7 Å². The van der Waals surface area contributed by atoms with Crippen molar-refractivity contribution in [3.8, 4) is 0 Å². The molecule has 0 atom stereocenters. The van der Waals surface area contributed by atoms with Gasteiger partial charge in [0.05, 0.1) is 18.4 Å². The number of nitrogens with one attached hydrogen (secondary N) is 1. The first kappa shape index (κ1) is 10.7. The van der Waals surface area contributed by atoms with Gasteiger partial charge in [-0.1, -0.05) is 0 Å². The zero-order chi connectivity index (χ0) is 11.4. The summed E-state index contributed by atoms with van der Waals surface area (Å²) in [7, 11) is 0. The summed E-state index contributed by atoms with van der Waals surface area (Å²) in [5.74, 6) is 0. The van der Waals surface area contributed by atoms with E-state index in [0.717, 1.165) is 17.9 Å². The second-order valence-electron chi connectivity index (χ2n) is 3.78. The number of hydrogen-bond acceptors (Lipinski definition) is 3. The highest BCUT2D eigenvalue weighted by atomic mass is 15.3. The molecule has 2 rings (SSSR count). The Balaban J connectivity index is 2.12. The van der Waals surface area contributed by atoms with Gasteiger partial charge in [0.1, 0.15) is 0 Å². The Morgan fingerprint density at radius 1 is 1.44 bits per heavy atom. The molecule has 0 saturated heterocycles. The van der Waals surface area contributed by atoms with Crippen LogP contribution in [0.2, 0.25) is 0 Å². The molecule has 4 nitrogen and oxygen atoms in total. The van der Waals surface area contributed by atoms with Crippen molar-refractivity contribution in [2.24, 2.45) is 0 Å². The molecule has 0 aliphatic rings. The lowest BCUT2D eigenvalue weighted by atomic mass is 10.3. The molecule has 2 heterocycles. The zero-order valence-electron chi connectivity index (χ0n) is 9.64. The van der Waals surface area contributed by atoms with E-state index in [2.05, 4.69) is 28.4 Å². The van der Waals surface area contributed by atoms with Crippen LogP contribution in [-0.2, 0) is 6.54 Å². The molecule has 1 N–H and O–H groups in total. The molecule has 2 aromatic heterocycles. The third-order valence-electron chi connectivity index (χ3n) is 2.28. The van der Waals surface area contributed by atoms with Crippen molar-refractivity contribution >= 4 is 5.69 Å². The van der Waals surface area contributed by atoms with Crippen molar-refractivity contribution in [2.45, 2.75) is 20.4 Å². The Labute approximate surface area is 95.3 Å². The maximum Gasteiger partial charge on any atom is 0.0832 e. The number of anilines is 1. The van der Waals surface area contributed by atoms with Crippen molar-refractivity contribution in [1.29, 1.82) is 0 Å². The quantitative estimate of drug-likeness (QED) is 0.850. The van der Waals surface area contributed by atoms with Gasteiger partial charge in [-0.3, -0.25) is 9.67 Å². The van der Waals surface area contributed by atoms with Gasteiger partial charge >= 0.3 is 0 Å². The van der Waals surface area contributed by atoms with Gasteiger partial charge in [-0.05, 0) is 31.5 Å². The van der Waals surface area contributed by atoms with Crippen LogP contribution in [-0.4, -0.2) is 21.3 Å². The second kappa shape index (κ2) is 4.79. The number of hydrogen-bond donors (Lipinski definition) is 1. The molecule has 0 amide bonds. The number of aryl methyl sites for hydroxylation is 1. The Hall–Kier alpha value is -1.84. The van der Waals surface area contributed by atoms with E-state index in [1.165, 1.54) is 5.56 Å². The summed E-state index contributed by atoms with van der Waals surface area (Å²) < 4.78 is 1.90. The van der Waals surface area contributed by atoms with Gasteiger partial charge in [-0.2, -0.15) is 5.10 Å². The summed E-state index contributed by atoms with van der Waals surface area (Å²) >= 11 is 0. The Kier molecular flexibility index (Phi) is 3.19. The van der Waals surface area contributed by atoms with E-state index < -0.39 is 0 Å². The molecular weight excluding hydrogens is 200 g/mol. The molecular formula is C12H16N4. The monoisotopic (exact) mass is 216 g/mol. The fourth-order valence-corrected chi connectivity index (χ4v) is 1.60. The Morgan fingerprint density at radius 2 is 2.31 bits per heavy atom. The molecule has 0 aromatic carbocycles. The van der Waals surface area contributed by atoms with Crippen LogP contribution >= 0.6 is 0 Å². The van der Waals surface area contributed by atoms with Crippen LogP contribution in [0.4, 0.5) is 5.69 Å². The third-order valence-corrected chi connectivity index (χ3v) is 2.28. The minimum absolute atomic E-state index is 0.715. The Morgan fingerprint density at radius 3 is 3.00 bits per heavy atom. The molecule has 0 fully saturated rings. The molecule has 0 bridgehead atoms. The van der Waals surface area contributed by atoms with Crippen molar-refractivity contribution in [2.75, 3.05) is 11.9 Å². The molecule has 4 heteroatoms. The van der Waals surface area contributed by atoms with Gasteiger partial charge in [-0.15, -0.1) is 0 Å². The first-order valence-electron chi connectivity index (χ1n) is 5.46. The van der Waals surface area contributed by atoms with Crippen molar-refractivity contribution in [3.63, 3.8) is 0 Å². The number of rotatable bonds is 4. The highest BCUT2D eigenvalue weighted by Gasteiger charge is 1.99. The van der Waals surface area contributed by atoms with E-state index in [9.17, 15) is 0 Å². The molecule has 0 aliphatic carbocycles. The van der Waals surface area contributed by atoms with Gasteiger partial charge in [0.25, 0.3) is 0 Å². The van der Waals surface area contributed by atoms with Gasteiger partial charge in [0.15, 0.2) is 0 Å². The van der Waals surface area contributed by atoms with Crippen LogP contribution in [0.25, 0.3) is 0 Å². The van der Waals surface area contributed by atoms with Crippen LogP contribution in [0, 0.1) is 6.92 Å². The van der Waals surface area contributed by atoms with Gasteiger partial charge in [-0.25, -0.2) is 0 Å². The highest BCUT2D eigenvalue weighted by molar-refractivity contribution is 5.42. The van der Waals surface area contributed by atoms with Crippen molar-refractivity contribution < 1.29 is 0 Å². The molecule has 0 unspecified atom stereocenters. The fraction of sp³-hybridized carbons (Fsp3) is 0.333. The minimum Gasteiger partial charge on any atom is -0.385 e. The lowest BCUT2D eigenvalue weighted by Crippen LogP contribution is -2.03. The number of pyridine rings is 1. The largest absolute Gasteiger partial charge is 0.385 e. The SMILES string of the molecule is CCNc1ccnc(Cn2cc(C)cn2)c1. The summed E-state index contributed by atoms with van der Waals surface area (Å²) in [6, 6.07) is 4.03. The normalized spacial score (nSPS) is 10.4. The molecule has 0 saturated carbocycles. The predicted octanol–water partition coefficient (Wildman–Crippen LogP) is 2.07. The smallest absolute Gasteiger partial charge is 0.0832 e. The summed E-state index contributed by atoms with van der Waals surface area (Å²) in [5.41, 5.74) is 3.29. The second-order valence-corrected chi connectivity index (χ2v) is 3.78. The lowest BCUT2D eigenvalue weighted by Gasteiger charge is -2.05. The average molecular weight is 216 g/mol. The van der Waals surface area contributed by atoms with Crippen LogP contribution in [0.15, 0.2) is 30.7 Å². The molecule has 0 aliphatic heterocycles. The van der Waals surface area contributed by atoms with E-state index >= 15 is 0 Å². The standard InChI is InChI=1S/C12H16N4/c1-3-13-11-4-5-14-12(6-11)9-16-8-10(2)7-15-16/h4-8H,3,9H2,1-2H3,(H,13,14). The summed E-state index contributed by atoms with van der Waals surface area (Å²) in [6.07, 6.45) is 5.69.